The molecule has 3 atom stereocenters. The molecule has 0 rings (SSSR count). The average molecular weight is 1130 g/mol. The lowest BCUT2D eigenvalue weighted by atomic mass is 10.0. The fraction of sp³-hybridized carbons (Fsp3) is 0.768. The Morgan fingerprint density at radius 1 is 0.456 bits per heavy atom. The summed E-state index contributed by atoms with van der Waals surface area (Å²) in [5, 5.41) is 3.05. The molecule has 1 amide bonds. The molecule has 79 heavy (non-hydrogen) atoms. The summed E-state index contributed by atoms with van der Waals surface area (Å²) >= 11 is 0. The Labute approximate surface area is 488 Å². The second-order valence-electron chi connectivity index (χ2n) is 23.3. The molecular weight excluding hydrogens is 1000 g/mol. The number of nitrogens with zero attached hydrogens (tertiary/aromatic N) is 1. The zero-order valence-corrected chi connectivity index (χ0v) is 53.2. The van der Waals surface area contributed by atoms with Gasteiger partial charge in [0.05, 0.1) is 33.8 Å². The highest BCUT2D eigenvalue weighted by molar-refractivity contribution is 7.47. The Hall–Kier alpha value is -2.81. The van der Waals surface area contributed by atoms with Crippen LogP contribution in [0.3, 0.4) is 0 Å². The first-order valence-electron chi connectivity index (χ1n) is 32.9. The molecule has 0 bridgehead atoms. The standard InChI is InChI=1S/C69H125N2O7P/c1-7-10-13-16-19-22-25-27-29-31-33-35-37-39-41-43-46-49-52-55-58-61-68(72)70-66(65-77-79(74,75)76-64-63-71(4,5)6)67(60-57-54-51-48-45-24-21-18-15-12-9-3)78-69(73)62-59-56-53-50-47-44-42-40-38-36-34-32-30-28-26-23-20-17-14-11-8-2/h11,14,20,23,28,30,34,36,40,42,47,50,57,60,66-67H,7-10,12-13,15-19,21-22,24-27,29,31-33,35,37-39,41,43-46,48-49,51-56,58-59,61-65H2,1-6H3,(H-,70,72,74,75)/p+1/b14-11-,23-20-,30-28-,36-34-,42-40-,50-47-,60-57+. The van der Waals surface area contributed by atoms with Crippen molar-refractivity contribution in [3.8, 4) is 0 Å². The molecule has 3 unspecified atom stereocenters. The van der Waals surface area contributed by atoms with Crippen LogP contribution in [0.25, 0.3) is 0 Å². The van der Waals surface area contributed by atoms with Gasteiger partial charge in [-0.1, -0.05) is 280 Å². The molecule has 0 aliphatic rings. The van der Waals surface area contributed by atoms with Crippen LogP contribution in [-0.2, 0) is 27.9 Å². The Kier molecular flexibility index (Phi) is 56.3. The monoisotopic (exact) mass is 1130 g/mol. The van der Waals surface area contributed by atoms with Gasteiger partial charge in [0, 0.05) is 12.8 Å². The van der Waals surface area contributed by atoms with Crippen LogP contribution >= 0.6 is 7.82 Å². The number of carbonyl (C=O) groups excluding carboxylic acids is 2. The molecule has 2 N–H and O–H groups in total. The fourth-order valence-electron chi connectivity index (χ4n) is 9.30. The Morgan fingerprint density at radius 2 is 0.810 bits per heavy atom. The number of rotatable bonds is 59. The van der Waals surface area contributed by atoms with Crippen LogP contribution in [-0.4, -0.2) is 74.3 Å². The van der Waals surface area contributed by atoms with Gasteiger partial charge in [-0.05, 0) is 83.1 Å². The van der Waals surface area contributed by atoms with E-state index in [0.717, 1.165) is 89.9 Å². The molecule has 10 heteroatoms. The van der Waals surface area contributed by atoms with Gasteiger partial charge in [0.15, 0.2) is 0 Å². The number of nitrogens with one attached hydrogen (secondary N) is 1. The second kappa shape index (κ2) is 58.4. The number of unbranched alkanes of at least 4 members (excludes halogenated alkanes) is 31. The van der Waals surface area contributed by atoms with Crippen LogP contribution in [0.2, 0.25) is 0 Å². The van der Waals surface area contributed by atoms with E-state index in [1.54, 1.807) is 0 Å². The first kappa shape index (κ1) is 76.2. The molecule has 0 fully saturated rings. The van der Waals surface area contributed by atoms with E-state index in [9.17, 15) is 19.0 Å². The van der Waals surface area contributed by atoms with Gasteiger partial charge in [0.1, 0.15) is 19.3 Å². The summed E-state index contributed by atoms with van der Waals surface area (Å²) in [4.78, 5) is 37.8. The molecule has 0 aliphatic heterocycles. The smallest absolute Gasteiger partial charge is 0.456 e. The Bertz CT molecular complexity index is 1630. The van der Waals surface area contributed by atoms with Crippen molar-refractivity contribution < 1.29 is 37.3 Å². The molecule has 0 heterocycles. The predicted octanol–water partition coefficient (Wildman–Crippen LogP) is 20.6. The minimum atomic E-state index is -4.46. The van der Waals surface area contributed by atoms with Crippen LogP contribution in [0.1, 0.15) is 290 Å². The van der Waals surface area contributed by atoms with E-state index in [1.165, 1.54) is 161 Å². The minimum Gasteiger partial charge on any atom is -0.456 e. The number of esters is 1. The molecule has 0 aromatic rings. The lowest BCUT2D eigenvalue weighted by Gasteiger charge is -2.27. The lowest BCUT2D eigenvalue weighted by molar-refractivity contribution is -0.870. The van der Waals surface area contributed by atoms with Crippen LogP contribution in [0.4, 0.5) is 0 Å². The molecule has 0 aromatic heterocycles. The maximum absolute atomic E-state index is 13.6. The van der Waals surface area contributed by atoms with Gasteiger partial charge in [-0.15, -0.1) is 0 Å². The number of carbonyl (C=O) groups is 2. The van der Waals surface area contributed by atoms with Crippen molar-refractivity contribution in [3.63, 3.8) is 0 Å². The molecule has 0 aliphatic carbocycles. The predicted molar refractivity (Wildman–Crippen MR) is 341 cm³/mol. The summed E-state index contributed by atoms with van der Waals surface area (Å²) < 4.78 is 30.7. The van der Waals surface area contributed by atoms with Gasteiger partial charge in [-0.25, -0.2) is 4.57 Å². The highest BCUT2D eigenvalue weighted by atomic mass is 31.2. The van der Waals surface area contributed by atoms with Crippen molar-refractivity contribution in [2.75, 3.05) is 40.9 Å². The molecule has 458 valence electrons. The fourth-order valence-corrected chi connectivity index (χ4v) is 10.0. The van der Waals surface area contributed by atoms with Crippen molar-refractivity contribution >= 4 is 19.7 Å². The van der Waals surface area contributed by atoms with E-state index >= 15 is 0 Å². The number of phosphoric acid groups is 1. The van der Waals surface area contributed by atoms with Gasteiger partial charge in [0.25, 0.3) is 0 Å². The van der Waals surface area contributed by atoms with E-state index < -0.39 is 20.0 Å². The first-order valence-corrected chi connectivity index (χ1v) is 34.4. The van der Waals surface area contributed by atoms with Crippen molar-refractivity contribution in [2.24, 2.45) is 0 Å². The van der Waals surface area contributed by atoms with E-state index in [1.807, 2.05) is 33.3 Å². The summed E-state index contributed by atoms with van der Waals surface area (Å²) in [7, 11) is 1.47. The molecular formula is C69H126N2O7P+. The largest absolute Gasteiger partial charge is 0.472 e. The number of amides is 1. The zero-order chi connectivity index (χ0) is 57.9. The summed E-state index contributed by atoms with van der Waals surface area (Å²) in [5.74, 6) is -0.551. The number of allylic oxidation sites excluding steroid dienone is 13. The molecule has 9 nitrogen and oxygen atoms in total. The topological polar surface area (TPSA) is 111 Å². The summed E-state index contributed by atoms with van der Waals surface area (Å²) in [6, 6.07) is -0.868. The maximum atomic E-state index is 13.6. The maximum Gasteiger partial charge on any atom is 0.472 e. The third-order valence-electron chi connectivity index (χ3n) is 14.3. The number of hydrogen-bond acceptors (Lipinski definition) is 6. The molecule has 0 aromatic carbocycles. The number of phosphoric ester groups is 1. The molecule has 0 saturated heterocycles. The Balaban J connectivity index is 5.21. The SMILES string of the molecule is CC/C=C\C/C=C\C/C=C\C/C=C\C/C=C\C/C=C\CCCCC(=O)OC(/C=C/CCCCCCCCCCC)C(COP(=O)(O)OCC[N+](C)(C)C)NC(=O)CCCCCCCCCCCCCCCCCCCCCCC. The van der Waals surface area contributed by atoms with Gasteiger partial charge >= 0.3 is 13.8 Å². The van der Waals surface area contributed by atoms with Crippen molar-refractivity contribution in [2.45, 2.75) is 303 Å². The minimum absolute atomic E-state index is 0.0312. The normalized spacial score (nSPS) is 14.2. The Morgan fingerprint density at radius 3 is 1.23 bits per heavy atom. The first-order chi connectivity index (χ1) is 38.4. The number of likely N-dealkylation sites (N-methyl/N-ethyl adjacent to an activating group) is 1. The van der Waals surface area contributed by atoms with E-state index in [4.69, 9.17) is 13.8 Å². The van der Waals surface area contributed by atoms with Crippen molar-refractivity contribution in [1.29, 1.82) is 0 Å². The lowest BCUT2D eigenvalue weighted by Crippen LogP contribution is -2.47. The molecule has 0 saturated carbocycles. The van der Waals surface area contributed by atoms with E-state index in [0.29, 0.717) is 23.9 Å². The van der Waals surface area contributed by atoms with Crippen molar-refractivity contribution in [1.82, 2.24) is 5.32 Å². The number of hydrogen-bond donors (Lipinski definition) is 2. The quantitative estimate of drug-likeness (QED) is 0.0205. The summed E-state index contributed by atoms with van der Waals surface area (Å²) in [6.07, 6.45) is 77.4. The summed E-state index contributed by atoms with van der Waals surface area (Å²) in [5.41, 5.74) is 0. The number of quaternary nitrogens is 1. The molecule has 0 radical (unpaired) electrons. The van der Waals surface area contributed by atoms with Crippen molar-refractivity contribution in [3.05, 3.63) is 85.1 Å². The van der Waals surface area contributed by atoms with Crippen LogP contribution < -0.4 is 5.32 Å². The van der Waals surface area contributed by atoms with Gasteiger partial charge in [0.2, 0.25) is 5.91 Å². The summed E-state index contributed by atoms with van der Waals surface area (Å²) in [6.45, 7) is 6.89. The van der Waals surface area contributed by atoms with Crippen LogP contribution in [0.15, 0.2) is 85.1 Å². The van der Waals surface area contributed by atoms with Crippen LogP contribution in [0.5, 0.6) is 0 Å². The third-order valence-corrected chi connectivity index (χ3v) is 15.3. The van der Waals surface area contributed by atoms with Gasteiger partial charge in [-0.2, -0.15) is 0 Å². The second-order valence-corrected chi connectivity index (χ2v) is 24.7. The van der Waals surface area contributed by atoms with E-state index in [-0.39, 0.29) is 31.5 Å². The highest BCUT2D eigenvalue weighted by Crippen LogP contribution is 2.43. The number of ether oxygens (including phenoxy) is 1. The average Bonchev–Trinajstić information content (AvgIpc) is 3.41. The molecule has 0 spiro atoms. The zero-order valence-electron chi connectivity index (χ0n) is 52.3. The third kappa shape index (κ3) is 59.6. The van der Waals surface area contributed by atoms with E-state index in [2.05, 4.69) is 99.0 Å². The van der Waals surface area contributed by atoms with Gasteiger partial charge < -0.3 is 19.4 Å². The van der Waals surface area contributed by atoms with Crippen LogP contribution in [0, 0.1) is 0 Å². The highest BCUT2D eigenvalue weighted by Gasteiger charge is 2.30. The van der Waals surface area contributed by atoms with Gasteiger partial charge in [-0.3, -0.25) is 18.6 Å².